The van der Waals surface area contributed by atoms with Gasteiger partial charge in [0, 0.05) is 19.5 Å². The number of alkyl halides is 3. The first-order valence-electron chi connectivity index (χ1n) is 6.79. The van der Waals surface area contributed by atoms with Crippen LogP contribution in [-0.2, 0) is 6.42 Å². The Hall–Kier alpha value is -1.11. The smallest absolute Gasteiger partial charge is 0.347 e. The topological polar surface area (TPSA) is 33.2 Å². The Morgan fingerprint density at radius 3 is 2.75 bits per heavy atom. The first-order valence-corrected chi connectivity index (χ1v) is 7.61. The van der Waals surface area contributed by atoms with Crippen LogP contribution in [0.4, 0.5) is 18.3 Å². The molecule has 2 heterocycles. The van der Waals surface area contributed by atoms with Gasteiger partial charge in [0.2, 0.25) is 0 Å². The molecule has 1 aromatic rings. The second-order valence-electron chi connectivity index (χ2n) is 5.38. The molecule has 1 fully saturated rings. The van der Waals surface area contributed by atoms with Gasteiger partial charge in [0.1, 0.15) is 0 Å². The molecule has 1 saturated heterocycles. The zero-order valence-electron chi connectivity index (χ0n) is 10.9. The van der Waals surface area contributed by atoms with Gasteiger partial charge >= 0.3 is 6.18 Å². The lowest BCUT2D eigenvalue weighted by Gasteiger charge is -2.33. The Labute approximate surface area is 118 Å². The van der Waals surface area contributed by atoms with Gasteiger partial charge in [-0.25, -0.2) is 4.98 Å². The third-order valence-corrected chi connectivity index (χ3v) is 5.11. The maximum Gasteiger partial charge on any atom is 0.393 e. The molecule has 7 heteroatoms. The molecule has 1 unspecified atom stereocenters. The number of thiazole rings is 1. The van der Waals surface area contributed by atoms with Crippen LogP contribution in [0.1, 0.15) is 41.0 Å². The van der Waals surface area contributed by atoms with E-state index in [4.69, 9.17) is 0 Å². The van der Waals surface area contributed by atoms with Gasteiger partial charge in [-0.2, -0.15) is 13.2 Å². The van der Waals surface area contributed by atoms with Gasteiger partial charge in [0.05, 0.1) is 16.5 Å². The molecule has 0 bridgehead atoms. The molecule has 0 amide bonds. The van der Waals surface area contributed by atoms with Crippen LogP contribution < -0.4 is 4.90 Å². The molecule has 0 radical (unpaired) electrons. The molecule has 0 N–H and O–H groups in total. The van der Waals surface area contributed by atoms with E-state index in [1.807, 2.05) is 0 Å². The van der Waals surface area contributed by atoms with E-state index in [-0.39, 0.29) is 18.7 Å². The minimum Gasteiger partial charge on any atom is -0.347 e. The van der Waals surface area contributed by atoms with Crippen molar-refractivity contribution in [1.29, 1.82) is 0 Å². The van der Waals surface area contributed by atoms with E-state index in [0.717, 1.165) is 18.5 Å². The number of aryl methyl sites for hydroxylation is 1. The van der Waals surface area contributed by atoms with Gasteiger partial charge in [-0.15, -0.1) is 0 Å². The number of anilines is 1. The van der Waals surface area contributed by atoms with Crippen LogP contribution >= 0.6 is 11.3 Å². The summed E-state index contributed by atoms with van der Waals surface area (Å²) in [6.45, 7) is 0.553. The fourth-order valence-corrected chi connectivity index (χ4v) is 3.92. The van der Waals surface area contributed by atoms with Gasteiger partial charge in [-0.3, -0.25) is 4.79 Å². The highest BCUT2D eigenvalue weighted by Gasteiger charge is 2.42. The molecule has 3 nitrogen and oxygen atoms in total. The second kappa shape index (κ2) is 5.02. The van der Waals surface area contributed by atoms with Crippen molar-refractivity contribution in [3.8, 4) is 0 Å². The first kappa shape index (κ1) is 13.9. The summed E-state index contributed by atoms with van der Waals surface area (Å²) in [5.74, 6) is -1.20. The van der Waals surface area contributed by atoms with Crippen LogP contribution in [0.5, 0.6) is 0 Å². The van der Waals surface area contributed by atoms with Crippen molar-refractivity contribution < 1.29 is 18.0 Å². The monoisotopic (exact) mass is 304 g/mol. The quantitative estimate of drug-likeness (QED) is 0.797. The molecule has 110 valence electrons. The summed E-state index contributed by atoms with van der Waals surface area (Å²) in [7, 11) is 0. The van der Waals surface area contributed by atoms with Crippen molar-refractivity contribution in [2.45, 2.75) is 38.3 Å². The second-order valence-corrected chi connectivity index (χ2v) is 6.35. The SMILES string of the molecule is O=C1CCCc2nc(N3CCCC(C(F)(F)F)C3)sc21. The largest absolute Gasteiger partial charge is 0.393 e. The molecular weight excluding hydrogens is 289 g/mol. The van der Waals surface area contributed by atoms with Crippen molar-refractivity contribution in [3.05, 3.63) is 10.6 Å². The molecule has 1 aliphatic carbocycles. The molecule has 0 saturated carbocycles. The van der Waals surface area contributed by atoms with Gasteiger partial charge in [0.15, 0.2) is 10.9 Å². The molecule has 20 heavy (non-hydrogen) atoms. The maximum absolute atomic E-state index is 12.8. The van der Waals surface area contributed by atoms with Crippen molar-refractivity contribution in [2.24, 2.45) is 5.92 Å². The minimum absolute atomic E-state index is 0.0376. The van der Waals surface area contributed by atoms with Crippen molar-refractivity contribution in [2.75, 3.05) is 18.0 Å². The Balaban J connectivity index is 1.81. The van der Waals surface area contributed by atoms with Crippen LogP contribution in [-0.4, -0.2) is 30.0 Å². The number of Topliss-reactive ketones (excluding diaryl/α,β-unsaturated/α-hetero) is 1. The summed E-state index contributed by atoms with van der Waals surface area (Å²) in [5, 5.41) is 0.583. The van der Waals surface area contributed by atoms with Crippen LogP contribution in [0.25, 0.3) is 0 Å². The van der Waals surface area contributed by atoms with Crippen molar-refractivity contribution in [3.63, 3.8) is 0 Å². The molecule has 1 aromatic heterocycles. The summed E-state index contributed by atoms with van der Waals surface area (Å²) < 4.78 is 38.5. The fraction of sp³-hybridized carbons (Fsp3) is 0.692. The molecule has 0 aromatic carbocycles. The predicted octanol–water partition coefficient (Wildman–Crippen LogP) is 3.44. The number of nitrogens with zero attached hydrogens (tertiary/aromatic N) is 2. The van der Waals surface area contributed by atoms with E-state index in [9.17, 15) is 18.0 Å². The number of ketones is 1. The Bertz CT molecular complexity index is 526. The lowest BCUT2D eigenvalue weighted by atomic mass is 9.98. The van der Waals surface area contributed by atoms with E-state index in [0.29, 0.717) is 29.4 Å². The fourth-order valence-electron chi connectivity index (χ4n) is 2.81. The molecule has 2 aliphatic rings. The Morgan fingerprint density at radius 1 is 1.25 bits per heavy atom. The van der Waals surface area contributed by atoms with E-state index in [1.54, 1.807) is 4.90 Å². The van der Waals surface area contributed by atoms with E-state index >= 15 is 0 Å². The summed E-state index contributed by atoms with van der Waals surface area (Å²) in [4.78, 5) is 18.5. The van der Waals surface area contributed by atoms with Crippen molar-refractivity contribution >= 4 is 22.3 Å². The Morgan fingerprint density at radius 2 is 2.05 bits per heavy atom. The summed E-state index contributed by atoms with van der Waals surface area (Å²) >= 11 is 1.26. The molecule has 0 spiro atoms. The molecule has 1 aliphatic heterocycles. The maximum atomic E-state index is 12.8. The minimum atomic E-state index is -4.15. The van der Waals surface area contributed by atoms with E-state index in [2.05, 4.69) is 4.98 Å². The molecular formula is C13H15F3N2OS. The lowest BCUT2D eigenvalue weighted by Crippen LogP contribution is -2.41. The zero-order chi connectivity index (χ0) is 14.3. The van der Waals surface area contributed by atoms with E-state index < -0.39 is 12.1 Å². The number of carbonyl (C=O) groups is 1. The number of piperidine rings is 1. The Kier molecular flexibility index (Phi) is 3.48. The number of rotatable bonds is 1. The standard InChI is InChI=1S/C13H15F3N2OS/c14-13(15,16)8-3-2-6-18(7-8)12-17-9-4-1-5-10(19)11(9)20-12/h8H,1-7H2. The van der Waals surface area contributed by atoms with Crippen LogP contribution in [0.15, 0.2) is 0 Å². The average molecular weight is 304 g/mol. The summed E-state index contributed by atoms with van der Waals surface area (Å²) in [5.41, 5.74) is 0.774. The van der Waals surface area contributed by atoms with Crippen LogP contribution in [0, 0.1) is 5.92 Å². The summed E-state index contributed by atoms with van der Waals surface area (Å²) in [6.07, 6.45) is -1.37. The van der Waals surface area contributed by atoms with Gasteiger partial charge < -0.3 is 4.90 Å². The molecule has 3 rings (SSSR count). The number of fused-ring (bicyclic) bond motifs is 1. The third-order valence-electron chi connectivity index (χ3n) is 3.91. The number of aromatic nitrogens is 1. The first-order chi connectivity index (χ1) is 9.45. The van der Waals surface area contributed by atoms with Gasteiger partial charge in [-0.1, -0.05) is 11.3 Å². The van der Waals surface area contributed by atoms with E-state index in [1.165, 1.54) is 11.3 Å². The van der Waals surface area contributed by atoms with Gasteiger partial charge in [0.25, 0.3) is 0 Å². The molecule has 1 atom stereocenters. The highest BCUT2D eigenvalue weighted by Crippen LogP contribution is 2.37. The predicted molar refractivity (Wildman–Crippen MR) is 70.4 cm³/mol. The third kappa shape index (κ3) is 2.55. The highest BCUT2D eigenvalue weighted by atomic mass is 32.1. The number of halogens is 3. The van der Waals surface area contributed by atoms with Crippen LogP contribution in [0.2, 0.25) is 0 Å². The summed E-state index contributed by atoms with van der Waals surface area (Å²) in [6, 6.07) is 0. The average Bonchev–Trinajstić information content (AvgIpc) is 2.83. The number of hydrogen-bond donors (Lipinski definition) is 0. The normalized spacial score (nSPS) is 23.9. The zero-order valence-corrected chi connectivity index (χ0v) is 11.7. The van der Waals surface area contributed by atoms with Crippen molar-refractivity contribution in [1.82, 2.24) is 4.98 Å². The van der Waals surface area contributed by atoms with Crippen LogP contribution in [0.3, 0.4) is 0 Å². The number of hydrogen-bond acceptors (Lipinski definition) is 4. The lowest BCUT2D eigenvalue weighted by molar-refractivity contribution is -0.175. The number of carbonyl (C=O) groups excluding carboxylic acids is 1. The highest BCUT2D eigenvalue weighted by molar-refractivity contribution is 7.17. The van der Waals surface area contributed by atoms with Gasteiger partial charge in [-0.05, 0) is 25.7 Å².